The molecule has 3 heteroatoms. The monoisotopic (exact) mass is 650 g/mol. The molecule has 51 heavy (non-hydrogen) atoms. The van der Waals surface area contributed by atoms with Gasteiger partial charge in [0.05, 0.1) is 33.1 Å². The Balaban J connectivity index is 1.20. The number of furan rings is 1. The molecule has 0 saturated heterocycles. The van der Waals surface area contributed by atoms with Gasteiger partial charge in [-0.05, 0) is 76.9 Å². The Labute approximate surface area is 293 Å². The van der Waals surface area contributed by atoms with Crippen LogP contribution >= 0.6 is 0 Å². The van der Waals surface area contributed by atoms with Crippen LogP contribution in [0.15, 0.2) is 186 Å². The van der Waals surface area contributed by atoms with E-state index in [1.54, 1.807) is 0 Å². The quantitative estimate of drug-likeness (QED) is 0.186. The van der Waals surface area contributed by atoms with E-state index in [1.165, 1.54) is 49.3 Å². The first-order chi connectivity index (χ1) is 25.3. The second-order valence-corrected chi connectivity index (χ2v) is 13.3. The summed E-state index contributed by atoms with van der Waals surface area (Å²) in [5.41, 5.74) is 13.5. The standard InChI is InChI=1S/C48H30N2O/c1-2-14-31(15-3-1)33-16-4-5-17-34(33)38-21-12-26-45-47(38)48-44(25-13-27-46(48)51-45)50-42-24-11-8-20-37(42)39-30-32(28-29-43(39)50)49-40-22-9-6-18-35(40)36-19-7-10-23-41(36)49/h1-30H. The Morgan fingerprint density at radius 3 is 1.59 bits per heavy atom. The minimum Gasteiger partial charge on any atom is -0.456 e. The zero-order valence-electron chi connectivity index (χ0n) is 27.6. The molecule has 0 unspecified atom stereocenters. The van der Waals surface area contributed by atoms with Crippen molar-refractivity contribution in [2.75, 3.05) is 0 Å². The van der Waals surface area contributed by atoms with Crippen molar-refractivity contribution in [1.82, 2.24) is 9.13 Å². The third kappa shape index (κ3) is 4.06. The predicted molar refractivity (Wildman–Crippen MR) is 213 cm³/mol. The van der Waals surface area contributed by atoms with E-state index in [-0.39, 0.29) is 0 Å². The Morgan fingerprint density at radius 2 is 0.863 bits per heavy atom. The maximum Gasteiger partial charge on any atom is 0.137 e. The van der Waals surface area contributed by atoms with Crippen molar-refractivity contribution >= 4 is 65.6 Å². The molecule has 0 aliphatic heterocycles. The minimum absolute atomic E-state index is 0.875. The maximum atomic E-state index is 6.66. The lowest BCUT2D eigenvalue weighted by Crippen LogP contribution is -1.96. The van der Waals surface area contributed by atoms with Crippen LogP contribution < -0.4 is 0 Å². The van der Waals surface area contributed by atoms with Gasteiger partial charge in [-0.3, -0.25) is 0 Å². The summed E-state index contributed by atoms with van der Waals surface area (Å²) < 4.78 is 11.5. The first-order valence-corrected chi connectivity index (χ1v) is 17.4. The van der Waals surface area contributed by atoms with Crippen LogP contribution in [0.4, 0.5) is 0 Å². The topological polar surface area (TPSA) is 23.0 Å². The van der Waals surface area contributed by atoms with Crippen molar-refractivity contribution < 1.29 is 4.42 Å². The lowest BCUT2D eigenvalue weighted by atomic mass is 9.92. The molecule has 0 spiro atoms. The van der Waals surface area contributed by atoms with E-state index in [2.05, 4.69) is 191 Å². The largest absolute Gasteiger partial charge is 0.456 e. The summed E-state index contributed by atoms with van der Waals surface area (Å²) in [6, 6.07) is 65.3. The third-order valence-corrected chi connectivity index (χ3v) is 10.5. The molecule has 0 atom stereocenters. The third-order valence-electron chi connectivity index (χ3n) is 10.5. The Hall–Kier alpha value is -6.84. The zero-order chi connectivity index (χ0) is 33.5. The molecule has 0 bridgehead atoms. The smallest absolute Gasteiger partial charge is 0.137 e. The molecule has 0 N–H and O–H groups in total. The van der Waals surface area contributed by atoms with Crippen molar-refractivity contribution in [2.45, 2.75) is 0 Å². The SMILES string of the molecule is c1ccc(-c2ccccc2-c2cccc3oc4cccc(-n5c6ccccc6c6cc(-n7c8ccccc8c8ccccc87)ccc65)c4c23)cc1. The molecule has 0 saturated carbocycles. The normalized spacial score (nSPS) is 11.9. The van der Waals surface area contributed by atoms with Crippen LogP contribution in [0, 0.1) is 0 Å². The van der Waals surface area contributed by atoms with Crippen LogP contribution in [0.2, 0.25) is 0 Å². The van der Waals surface area contributed by atoms with Gasteiger partial charge in [0.2, 0.25) is 0 Å². The van der Waals surface area contributed by atoms with Crippen LogP contribution in [-0.4, -0.2) is 9.13 Å². The van der Waals surface area contributed by atoms with Crippen LogP contribution in [0.3, 0.4) is 0 Å². The molecule has 3 heterocycles. The van der Waals surface area contributed by atoms with Gasteiger partial charge < -0.3 is 13.6 Å². The van der Waals surface area contributed by atoms with Gasteiger partial charge in [0.1, 0.15) is 11.2 Å². The van der Waals surface area contributed by atoms with Crippen molar-refractivity contribution in [1.29, 1.82) is 0 Å². The highest BCUT2D eigenvalue weighted by atomic mass is 16.3. The molecule has 3 nitrogen and oxygen atoms in total. The van der Waals surface area contributed by atoms with E-state index in [4.69, 9.17) is 4.42 Å². The van der Waals surface area contributed by atoms with Crippen molar-refractivity contribution in [2.24, 2.45) is 0 Å². The summed E-state index contributed by atoms with van der Waals surface area (Å²) in [5, 5.41) is 7.19. The van der Waals surface area contributed by atoms with E-state index in [9.17, 15) is 0 Å². The van der Waals surface area contributed by atoms with Crippen molar-refractivity contribution in [3.63, 3.8) is 0 Å². The molecule has 0 fully saturated rings. The summed E-state index contributed by atoms with van der Waals surface area (Å²) in [4.78, 5) is 0. The van der Waals surface area contributed by atoms with Crippen LogP contribution in [-0.2, 0) is 0 Å². The molecular formula is C48H30N2O. The van der Waals surface area contributed by atoms with Gasteiger partial charge in [-0.1, -0.05) is 127 Å². The summed E-state index contributed by atoms with van der Waals surface area (Å²) in [5.74, 6) is 0. The first kappa shape index (κ1) is 28.0. The zero-order valence-corrected chi connectivity index (χ0v) is 27.6. The van der Waals surface area contributed by atoms with E-state index >= 15 is 0 Å². The van der Waals surface area contributed by atoms with Crippen molar-refractivity contribution in [3.05, 3.63) is 182 Å². The Morgan fingerprint density at radius 1 is 0.333 bits per heavy atom. The number of hydrogen-bond acceptors (Lipinski definition) is 1. The van der Waals surface area contributed by atoms with E-state index in [1.807, 2.05) is 0 Å². The molecule has 8 aromatic carbocycles. The predicted octanol–water partition coefficient (Wildman–Crippen LogP) is 13.1. The summed E-state index contributed by atoms with van der Waals surface area (Å²) in [6.45, 7) is 0. The first-order valence-electron chi connectivity index (χ1n) is 17.4. The molecule has 11 rings (SSSR count). The number of para-hydroxylation sites is 3. The summed E-state index contributed by atoms with van der Waals surface area (Å²) in [6.07, 6.45) is 0. The second kappa shape index (κ2) is 10.8. The second-order valence-electron chi connectivity index (χ2n) is 13.3. The van der Waals surface area contributed by atoms with E-state index in [0.717, 1.165) is 49.9 Å². The van der Waals surface area contributed by atoms with Gasteiger partial charge in [0.25, 0.3) is 0 Å². The number of fused-ring (bicyclic) bond motifs is 9. The molecule has 0 aliphatic carbocycles. The van der Waals surface area contributed by atoms with Crippen LogP contribution in [0.5, 0.6) is 0 Å². The number of benzene rings is 8. The van der Waals surface area contributed by atoms with Crippen molar-refractivity contribution in [3.8, 4) is 33.6 Å². The van der Waals surface area contributed by atoms with Crippen LogP contribution in [0.1, 0.15) is 0 Å². The van der Waals surface area contributed by atoms with Gasteiger partial charge in [-0.15, -0.1) is 0 Å². The Kier molecular flexibility index (Phi) is 5.96. The molecule has 0 amide bonds. The van der Waals surface area contributed by atoms with Gasteiger partial charge in [0, 0.05) is 32.6 Å². The molecule has 238 valence electrons. The molecule has 3 aromatic heterocycles. The number of nitrogens with zero attached hydrogens (tertiary/aromatic N) is 2. The molecule has 0 aliphatic rings. The molecular weight excluding hydrogens is 621 g/mol. The molecule has 0 radical (unpaired) electrons. The number of aromatic nitrogens is 2. The highest BCUT2D eigenvalue weighted by Gasteiger charge is 2.22. The lowest BCUT2D eigenvalue weighted by Gasteiger charge is -2.13. The summed E-state index contributed by atoms with van der Waals surface area (Å²) >= 11 is 0. The van der Waals surface area contributed by atoms with Crippen LogP contribution in [0.25, 0.3) is 99.2 Å². The summed E-state index contributed by atoms with van der Waals surface area (Å²) in [7, 11) is 0. The fraction of sp³-hybridized carbons (Fsp3) is 0. The highest BCUT2D eigenvalue weighted by molar-refractivity contribution is 6.19. The highest BCUT2D eigenvalue weighted by Crippen LogP contribution is 2.44. The minimum atomic E-state index is 0.875. The van der Waals surface area contributed by atoms with E-state index in [0.29, 0.717) is 0 Å². The Bertz CT molecular complexity index is 3090. The van der Waals surface area contributed by atoms with E-state index < -0.39 is 0 Å². The van der Waals surface area contributed by atoms with Gasteiger partial charge >= 0.3 is 0 Å². The maximum absolute atomic E-state index is 6.66. The average molecular weight is 651 g/mol. The van der Waals surface area contributed by atoms with Gasteiger partial charge in [-0.2, -0.15) is 0 Å². The van der Waals surface area contributed by atoms with Gasteiger partial charge in [-0.25, -0.2) is 0 Å². The number of rotatable bonds is 4. The fourth-order valence-corrected chi connectivity index (χ4v) is 8.41. The average Bonchev–Trinajstić information content (AvgIpc) is 3.86. The number of hydrogen-bond donors (Lipinski definition) is 0. The van der Waals surface area contributed by atoms with Gasteiger partial charge in [0.15, 0.2) is 0 Å². The lowest BCUT2D eigenvalue weighted by molar-refractivity contribution is 0.669. The fourth-order valence-electron chi connectivity index (χ4n) is 8.41. The molecule has 11 aromatic rings.